The lowest BCUT2D eigenvalue weighted by molar-refractivity contribution is 0.0411. The zero-order valence-electron chi connectivity index (χ0n) is 10.3. The summed E-state index contributed by atoms with van der Waals surface area (Å²) in [6, 6.07) is 2.93. The minimum Gasteiger partial charge on any atom is -0.459 e. The Kier molecular flexibility index (Phi) is 3.55. The molecule has 1 atom stereocenters. The fourth-order valence-corrected chi connectivity index (χ4v) is 2.22. The highest BCUT2D eigenvalue weighted by Gasteiger charge is 2.28. The van der Waals surface area contributed by atoms with Crippen molar-refractivity contribution in [3.63, 3.8) is 0 Å². The molecule has 1 fully saturated rings. The highest BCUT2D eigenvalue weighted by atomic mass is 16.5. The van der Waals surface area contributed by atoms with Crippen molar-refractivity contribution in [3.05, 3.63) is 24.0 Å². The first-order chi connectivity index (χ1) is 8.59. The van der Waals surface area contributed by atoms with Crippen LogP contribution in [-0.4, -0.2) is 40.7 Å². The molecule has 6 nitrogen and oxygen atoms in total. The summed E-state index contributed by atoms with van der Waals surface area (Å²) in [5.74, 6) is -0.376. The molecule has 0 aromatic carbocycles. The maximum Gasteiger partial charge on any atom is 0.355 e. The molecule has 0 spiro atoms. The van der Waals surface area contributed by atoms with Gasteiger partial charge in [0, 0.05) is 19.8 Å². The van der Waals surface area contributed by atoms with Gasteiger partial charge in [0.25, 0.3) is 0 Å². The van der Waals surface area contributed by atoms with E-state index >= 15 is 0 Å². The van der Waals surface area contributed by atoms with Crippen molar-refractivity contribution >= 4 is 12.0 Å². The summed E-state index contributed by atoms with van der Waals surface area (Å²) >= 11 is 0. The fraction of sp³-hybridized carbons (Fsp3) is 0.500. The summed E-state index contributed by atoms with van der Waals surface area (Å²) in [5, 5.41) is 0. The highest BCUT2D eigenvalue weighted by Crippen LogP contribution is 2.17. The number of hydrogen-bond donors (Lipinski definition) is 1. The van der Waals surface area contributed by atoms with Crippen molar-refractivity contribution in [1.29, 1.82) is 0 Å². The molecule has 6 heteroatoms. The molecule has 1 aliphatic heterocycles. The van der Waals surface area contributed by atoms with Crippen LogP contribution in [0, 0.1) is 0 Å². The Bertz CT molecular complexity index is 455. The number of urea groups is 1. The molecule has 2 N–H and O–H groups in total. The van der Waals surface area contributed by atoms with Gasteiger partial charge in [-0.1, -0.05) is 0 Å². The quantitative estimate of drug-likeness (QED) is 0.804. The number of aryl methyl sites for hydroxylation is 1. The number of ether oxygens (including phenoxy) is 1. The summed E-state index contributed by atoms with van der Waals surface area (Å²) < 4.78 is 6.92. The maximum atomic E-state index is 11.8. The standard InChI is InChI=1S/C12H17N3O3/c1-14-6-3-5-10(14)11(16)18-8-9-4-2-7-15(9)12(13)17/h3,5-6,9H,2,4,7-8H2,1H3,(H2,13,17)/t9-/m0/s1. The third-order valence-corrected chi connectivity index (χ3v) is 3.22. The predicted molar refractivity (Wildman–Crippen MR) is 65.0 cm³/mol. The van der Waals surface area contributed by atoms with Gasteiger partial charge in [0.05, 0.1) is 6.04 Å². The van der Waals surface area contributed by atoms with E-state index < -0.39 is 6.03 Å². The van der Waals surface area contributed by atoms with Gasteiger partial charge in [0.15, 0.2) is 0 Å². The number of nitrogens with two attached hydrogens (primary N) is 1. The second kappa shape index (κ2) is 5.12. The number of aromatic nitrogens is 1. The minimum absolute atomic E-state index is 0.0910. The smallest absolute Gasteiger partial charge is 0.355 e. The Hall–Kier alpha value is -1.98. The molecule has 0 saturated carbocycles. The third kappa shape index (κ3) is 2.47. The largest absolute Gasteiger partial charge is 0.459 e. The zero-order valence-corrected chi connectivity index (χ0v) is 10.3. The molecule has 2 rings (SSSR count). The van der Waals surface area contributed by atoms with Gasteiger partial charge in [-0.05, 0) is 25.0 Å². The number of likely N-dealkylation sites (tertiary alicyclic amines) is 1. The molecular formula is C12H17N3O3. The first kappa shape index (κ1) is 12.5. The van der Waals surface area contributed by atoms with Crippen molar-refractivity contribution in [2.75, 3.05) is 13.2 Å². The summed E-state index contributed by atoms with van der Waals surface area (Å²) in [4.78, 5) is 24.5. The number of amides is 2. The van der Waals surface area contributed by atoms with Crippen molar-refractivity contribution < 1.29 is 14.3 Å². The van der Waals surface area contributed by atoms with E-state index in [4.69, 9.17) is 10.5 Å². The summed E-state index contributed by atoms with van der Waals surface area (Å²) in [6.07, 6.45) is 3.50. The van der Waals surface area contributed by atoms with E-state index in [1.165, 1.54) is 0 Å². The number of carbonyl (C=O) groups is 2. The first-order valence-corrected chi connectivity index (χ1v) is 5.94. The van der Waals surface area contributed by atoms with Gasteiger partial charge in [0.2, 0.25) is 0 Å². The molecule has 18 heavy (non-hydrogen) atoms. The van der Waals surface area contributed by atoms with E-state index in [1.807, 2.05) is 0 Å². The number of nitrogens with zero attached hydrogens (tertiary/aromatic N) is 2. The van der Waals surface area contributed by atoms with Gasteiger partial charge in [0.1, 0.15) is 12.3 Å². The molecule has 1 aromatic heterocycles. The second-order valence-electron chi connectivity index (χ2n) is 4.43. The van der Waals surface area contributed by atoms with Crippen LogP contribution in [-0.2, 0) is 11.8 Å². The Morgan fingerprint density at radius 1 is 1.56 bits per heavy atom. The Labute approximate surface area is 105 Å². The molecule has 0 radical (unpaired) electrons. The van der Waals surface area contributed by atoms with Gasteiger partial charge < -0.3 is 19.9 Å². The van der Waals surface area contributed by atoms with Crippen LogP contribution >= 0.6 is 0 Å². The SMILES string of the molecule is Cn1cccc1C(=O)OC[C@@H]1CCCN1C(N)=O. The molecule has 2 amide bonds. The molecular weight excluding hydrogens is 234 g/mol. The fourth-order valence-electron chi connectivity index (χ4n) is 2.22. The van der Waals surface area contributed by atoms with Crippen LogP contribution in [0.3, 0.4) is 0 Å². The summed E-state index contributed by atoms with van der Waals surface area (Å²) in [6.45, 7) is 0.842. The molecule has 0 bridgehead atoms. The average molecular weight is 251 g/mol. The Morgan fingerprint density at radius 3 is 2.94 bits per heavy atom. The lowest BCUT2D eigenvalue weighted by atomic mass is 10.2. The van der Waals surface area contributed by atoms with Crippen LogP contribution in [0.5, 0.6) is 0 Å². The molecule has 98 valence electrons. The van der Waals surface area contributed by atoms with Crippen LogP contribution < -0.4 is 5.73 Å². The Morgan fingerprint density at radius 2 is 2.33 bits per heavy atom. The average Bonchev–Trinajstić information content (AvgIpc) is 2.94. The van der Waals surface area contributed by atoms with Gasteiger partial charge in [-0.25, -0.2) is 9.59 Å². The number of carbonyl (C=O) groups excluding carboxylic acids is 2. The molecule has 1 aliphatic rings. The molecule has 1 saturated heterocycles. The summed E-state index contributed by atoms with van der Waals surface area (Å²) in [5.41, 5.74) is 5.75. The number of primary amides is 1. The molecule has 2 heterocycles. The number of rotatable bonds is 3. The normalized spacial score (nSPS) is 18.9. The van der Waals surface area contributed by atoms with Gasteiger partial charge >= 0.3 is 12.0 Å². The zero-order chi connectivity index (χ0) is 13.1. The van der Waals surface area contributed by atoms with E-state index in [0.717, 1.165) is 12.8 Å². The Balaban J connectivity index is 1.90. The van der Waals surface area contributed by atoms with Crippen molar-refractivity contribution in [3.8, 4) is 0 Å². The minimum atomic E-state index is -0.451. The predicted octanol–water partition coefficient (Wildman–Crippen LogP) is 0.725. The van der Waals surface area contributed by atoms with Gasteiger partial charge in [-0.3, -0.25) is 0 Å². The van der Waals surface area contributed by atoms with Gasteiger partial charge in [-0.2, -0.15) is 0 Å². The highest BCUT2D eigenvalue weighted by molar-refractivity contribution is 5.87. The maximum absolute atomic E-state index is 11.8. The van der Waals surface area contributed by atoms with Crippen molar-refractivity contribution in [2.45, 2.75) is 18.9 Å². The molecule has 0 aliphatic carbocycles. The lowest BCUT2D eigenvalue weighted by Crippen LogP contribution is -2.42. The van der Waals surface area contributed by atoms with Crippen molar-refractivity contribution in [2.24, 2.45) is 12.8 Å². The van der Waals surface area contributed by atoms with Crippen LogP contribution in [0.2, 0.25) is 0 Å². The van der Waals surface area contributed by atoms with E-state index in [1.54, 1.807) is 34.8 Å². The van der Waals surface area contributed by atoms with E-state index in [2.05, 4.69) is 0 Å². The van der Waals surface area contributed by atoms with Crippen LogP contribution in [0.15, 0.2) is 18.3 Å². The second-order valence-corrected chi connectivity index (χ2v) is 4.43. The number of esters is 1. The van der Waals surface area contributed by atoms with Crippen LogP contribution in [0.1, 0.15) is 23.3 Å². The third-order valence-electron chi connectivity index (χ3n) is 3.22. The van der Waals surface area contributed by atoms with Crippen LogP contribution in [0.25, 0.3) is 0 Å². The monoisotopic (exact) mass is 251 g/mol. The lowest BCUT2D eigenvalue weighted by Gasteiger charge is -2.22. The number of hydrogen-bond acceptors (Lipinski definition) is 3. The van der Waals surface area contributed by atoms with Crippen LogP contribution in [0.4, 0.5) is 4.79 Å². The van der Waals surface area contributed by atoms with Crippen molar-refractivity contribution in [1.82, 2.24) is 9.47 Å². The summed E-state index contributed by atoms with van der Waals surface area (Å²) in [7, 11) is 1.78. The topological polar surface area (TPSA) is 77.6 Å². The first-order valence-electron chi connectivity index (χ1n) is 5.94. The van der Waals surface area contributed by atoms with Gasteiger partial charge in [-0.15, -0.1) is 0 Å². The van der Waals surface area contributed by atoms with E-state index in [9.17, 15) is 9.59 Å². The molecule has 1 aromatic rings. The van der Waals surface area contributed by atoms with E-state index in [-0.39, 0.29) is 18.6 Å². The molecule has 0 unspecified atom stereocenters. The van der Waals surface area contributed by atoms with E-state index in [0.29, 0.717) is 12.2 Å².